The van der Waals surface area contributed by atoms with Gasteiger partial charge < -0.3 is 4.74 Å². The van der Waals surface area contributed by atoms with E-state index >= 15 is 0 Å². The summed E-state index contributed by atoms with van der Waals surface area (Å²) in [6.45, 7) is 3.65. The van der Waals surface area contributed by atoms with Crippen LogP contribution in [0.5, 0.6) is 0 Å². The van der Waals surface area contributed by atoms with Crippen LogP contribution in [-0.4, -0.2) is 25.7 Å². The fourth-order valence-corrected chi connectivity index (χ4v) is 2.74. The van der Waals surface area contributed by atoms with Crippen molar-refractivity contribution in [1.29, 1.82) is 0 Å². The van der Waals surface area contributed by atoms with Crippen molar-refractivity contribution < 1.29 is 9.53 Å². The maximum absolute atomic E-state index is 12.4. The van der Waals surface area contributed by atoms with Gasteiger partial charge in [0.2, 0.25) is 0 Å². The number of thiazole rings is 1. The normalized spacial score (nSPS) is 12.5. The second-order valence-electron chi connectivity index (χ2n) is 4.73. The number of aryl methyl sites for hydroxylation is 2. The summed E-state index contributed by atoms with van der Waals surface area (Å²) >= 11 is 1.46. The first-order chi connectivity index (χ1) is 10.1. The SMILES string of the molecule is Cc1cc(C(=O)OC(C)c2nccs2)c2cnn(C)c2n1. The topological polar surface area (TPSA) is 69.9 Å². The monoisotopic (exact) mass is 302 g/mol. The highest BCUT2D eigenvalue weighted by Gasteiger charge is 2.20. The molecule has 0 N–H and O–H groups in total. The Morgan fingerprint density at radius 1 is 1.48 bits per heavy atom. The molecule has 0 aliphatic carbocycles. The second-order valence-corrected chi connectivity index (χ2v) is 5.66. The first-order valence-electron chi connectivity index (χ1n) is 6.46. The first-order valence-corrected chi connectivity index (χ1v) is 7.34. The molecule has 0 spiro atoms. The molecule has 0 fully saturated rings. The van der Waals surface area contributed by atoms with E-state index in [1.807, 2.05) is 19.2 Å². The Labute approximate surface area is 125 Å². The third-order valence-electron chi connectivity index (χ3n) is 3.14. The summed E-state index contributed by atoms with van der Waals surface area (Å²) < 4.78 is 7.14. The van der Waals surface area contributed by atoms with Gasteiger partial charge in [0, 0.05) is 24.3 Å². The lowest BCUT2D eigenvalue weighted by Crippen LogP contribution is -2.10. The predicted octanol–water partition coefficient (Wildman–Crippen LogP) is 2.65. The molecule has 3 rings (SSSR count). The van der Waals surface area contributed by atoms with Gasteiger partial charge in [0.05, 0.1) is 17.1 Å². The summed E-state index contributed by atoms with van der Waals surface area (Å²) in [6.07, 6.45) is 2.95. The number of hydrogen-bond donors (Lipinski definition) is 0. The van der Waals surface area contributed by atoms with Crippen LogP contribution in [0.3, 0.4) is 0 Å². The van der Waals surface area contributed by atoms with Gasteiger partial charge in [0.25, 0.3) is 0 Å². The molecule has 3 heterocycles. The van der Waals surface area contributed by atoms with Crippen LogP contribution in [0.25, 0.3) is 11.0 Å². The van der Waals surface area contributed by atoms with Gasteiger partial charge in [-0.05, 0) is 19.9 Å². The van der Waals surface area contributed by atoms with E-state index in [9.17, 15) is 4.79 Å². The van der Waals surface area contributed by atoms with Crippen LogP contribution in [0.15, 0.2) is 23.8 Å². The molecule has 0 aliphatic rings. The minimum Gasteiger partial charge on any atom is -0.452 e. The summed E-state index contributed by atoms with van der Waals surface area (Å²) in [6, 6.07) is 1.72. The van der Waals surface area contributed by atoms with E-state index < -0.39 is 0 Å². The molecule has 1 atom stereocenters. The molecule has 0 saturated carbocycles. The van der Waals surface area contributed by atoms with Gasteiger partial charge in [-0.2, -0.15) is 5.10 Å². The molecule has 0 amide bonds. The number of carbonyl (C=O) groups excluding carboxylic acids is 1. The van der Waals surface area contributed by atoms with E-state index in [0.717, 1.165) is 10.7 Å². The summed E-state index contributed by atoms with van der Waals surface area (Å²) in [5.41, 5.74) is 1.90. The van der Waals surface area contributed by atoms with Gasteiger partial charge in [-0.3, -0.25) is 4.68 Å². The Morgan fingerprint density at radius 3 is 3.00 bits per heavy atom. The number of nitrogens with zero attached hydrogens (tertiary/aromatic N) is 4. The Kier molecular flexibility index (Phi) is 3.42. The predicted molar refractivity (Wildman–Crippen MR) is 79.2 cm³/mol. The van der Waals surface area contributed by atoms with Crippen molar-refractivity contribution in [1.82, 2.24) is 19.7 Å². The molecule has 0 aliphatic heterocycles. The molecule has 1 unspecified atom stereocenters. The molecule has 6 nitrogen and oxygen atoms in total. The second kappa shape index (κ2) is 5.25. The number of aromatic nitrogens is 4. The van der Waals surface area contributed by atoms with Gasteiger partial charge in [-0.1, -0.05) is 0 Å². The lowest BCUT2D eigenvalue weighted by atomic mass is 10.1. The van der Waals surface area contributed by atoms with Crippen LogP contribution in [0, 0.1) is 6.92 Å². The molecular formula is C14H14N4O2S. The number of esters is 1. The maximum atomic E-state index is 12.4. The van der Waals surface area contributed by atoms with Gasteiger partial charge in [0.1, 0.15) is 5.01 Å². The van der Waals surface area contributed by atoms with Gasteiger partial charge >= 0.3 is 5.97 Å². The van der Waals surface area contributed by atoms with Crippen molar-refractivity contribution in [2.45, 2.75) is 20.0 Å². The molecule has 21 heavy (non-hydrogen) atoms. The standard InChI is InChI=1S/C14H14N4O2S/c1-8-6-10(11-7-16-18(3)12(11)17-8)14(19)20-9(2)13-15-4-5-21-13/h4-7,9H,1-3H3. The molecule has 7 heteroatoms. The summed E-state index contributed by atoms with van der Waals surface area (Å²) in [5, 5.41) is 7.47. The van der Waals surface area contributed by atoms with Crippen LogP contribution in [0.4, 0.5) is 0 Å². The van der Waals surface area contributed by atoms with E-state index in [4.69, 9.17) is 4.74 Å². The van der Waals surface area contributed by atoms with E-state index in [1.54, 1.807) is 30.2 Å². The molecular weight excluding hydrogens is 288 g/mol. The largest absolute Gasteiger partial charge is 0.452 e. The van der Waals surface area contributed by atoms with Crippen molar-refractivity contribution in [2.24, 2.45) is 7.05 Å². The van der Waals surface area contributed by atoms with Crippen LogP contribution in [0.2, 0.25) is 0 Å². The quantitative estimate of drug-likeness (QED) is 0.696. The van der Waals surface area contributed by atoms with E-state index in [2.05, 4.69) is 15.1 Å². The molecule has 3 aromatic rings. The van der Waals surface area contributed by atoms with E-state index in [1.165, 1.54) is 11.3 Å². The minimum absolute atomic E-state index is 0.377. The molecule has 0 radical (unpaired) electrons. The summed E-state index contributed by atoms with van der Waals surface area (Å²) in [4.78, 5) is 21.0. The van der Waals surface area contributed by atoms with Crippen LogP contribution < -0.4 is 0 Å². The lowest BCUT2D eigenvalue weighted by Gasteiger charge is -2.11. The average Bonchev–Trinajstić information content (AvgIpc) is 3.09. The summed E-state index contributed by atoms with van der Waals surface area (Å²) in [5.74, 6) is -0.388. The van der Waals surface area contributed by atoms with Crippen LogP contribution in [-0.2, 0) is 11.8 Å². The van der Waals surface area contributed by atoms with Crippen molar-refractivity contribution in [2.75, 3.05) is 0 Å². The highest BCUT2D eigenvalue weighted by molar-refractivity contribution is 7.09. The van der Waals surface area contributed by atoms with Gasteiger partial charge in [0.15, 0.2) is 11.8 Å². The van der Waals surface area contributed by atoms with E-state index in [-0.39, 0.29) is 12.1 Å². The highest BCUT2D eigenvalue weighted by Crippen LogP contribution is 2.23. The highest BCUT2D eigenvalue weighted by atomic mass is 32.1. The van der Waals surface area contributed by atoms with Gasteiger partial charge in [-0.25, -0.2) is 14.8 Å². The molecule has 3 aromatic heterocycles. The fourth-order valence-electron chi connectivity index (χ4n) is 2.12. The van der Waals surface area contributed by atoms with Crippen molar-refractivity contribution in [3.05, 3.63) is 40.1 Å². The Bertz CT molecular complexity index is 795. The molecule has 108 valence electrons. The molecule has 0 saturated heterocycles. The zero-order chi connectivity index (χ0) is 15.0. The third kappa shape index (κ3) is 2.52. The fraction of sp³-hybridized carbons (Fsp3) is 0.286. The smallest absolute Gasteiger partial charge is 0.339 e. The number of carbonyl (C=O) groups is 1. The van der Waals surface area contributed by atoms with Crippen molar-refractivity contribution >= 4 is 28.3 Å². The Balaban J connectivity index is 1.94. The minimum atomic E-state index is -0.388. The first kappa shape index (κ1) is 13.7. The molecule has 0 aromatic carbocycles. The number of hydrogen-bond acceptors (Lipinski definition) is 6. The zero-order valence-corrected chi connectivity index (χ0v) is 12.7. The Hall–Kier alpha value is -2.28. The molecule has 0 bridgehead atoms. The number of pyridine rings is 1. The number of ether oxygens (including phenoxy) is 1. The van der Waals surface area contributed by atoms with Crippen molar-refractivity contribution in [3.63, 3.8) is 0 Å². The van der Waals surface area contributed by atoms with Crippen LogP contribution >= 0.6 is 11.3 Å². The average molecular weight is 302 g/mol. The zero-order valence-electron chi connectivity index (χ0n) is 11.9. The number of rotatable bonds is 3. The van der Waals surface area contributed by atoms with Crippen LogP contribution in [0.1, 0.15) is 34.1 Å². The van der Waals surface area contributed by atoms with Gasteiger partial charge in [-0.15, -0.1) is 11.3 Å². The lowest BCUT2D eigenvalue weighted by molar-refractivity contribution is 0.0339. The maximum Gasteiger partial charge on any atom is 0.339 e. The number of fused-ring (bicyclic) bond motifs is 1. The Morgan fingerprint density at radius 2 is 2.29 bits per heavy atom. The van der Waals surface area contributed by atoms with E-state index in [0.29, 0.717) is 16.6 Å². The summed E-state index contributed by atoms with van der Waals surface area (Å²) in [7, 11) is 1.79. The van der Waals surface area contributed by atoms with Crippen molar-refractivity contribution in [3.8, 4) is 0 Å². The third-order valence-corrected chi connectivity index (χ3v) is 4.07.